The Bertz CT molecular complexity index is 340. The van der Waals surface area contributed by atoms with Crippen molar-refractivity contribution >= 4 is 21.6 Å². The van der Waals surface area contributed by atoms with Gasteiger partial charge >= 0.3 is 0 Å². The Labute approximate surface area is 111 Å². The molecule has 1 aliphatic rings. The van der Waals surface area contributed by atoms with Crippen molar-refractivity contribution in [1.82, 2.24) is 4.31 Å². The number of sulfonamides is 1. The highest BCUT2D eigenvalue weighted by molar-refractivity contribution is 7.90. The Morgan fingerprint density at radius 2 is 1.65 bits per heavy atom. The van der Waals surface area contributed by atoms with Gasteiger partial charge in [-0.3, -0.25) is 0 Å². The van der Waals surface area contributed by atoms with Crippen molar-refractivity contribution in [1.29, 1.82) is 0 Å². The molecule has 1 saturated carbocycles. The average molecular weight is 282 g/mol. The molecule has 1 rings (SSSR count). The van der Waals surface area contributed by atoms with E-state index in [4.69, 9.17) is 11.6 Å². The maximum absolute atomic E-state index is 11.7. The van der Waals surface area contributed by atoms with Crippen LogP contribution in [0.15, 0.2) is 0 Å². The molecule has 0 atom stereocenters. The highest BCUT2D eigenvalue weighted by Crippen LogP contribution is 2.39. The van der Waals surface area contributed by atoms with Crippen molar-refractivity contribution in [2.75, 3.05) is 12.3 Å². The third kappa shape index (κ3) is 3.83. The first-order valence-corrected chi connectivity index (χ1v) is 8.34. The molecule has 0 bridgehead atoms. The molecule has 0 amide bonds. The zero-order valence-electron chi connectivity index (χ0n) is 11.2. The summed E-state index contributed by atoms with van der Waals surface area (Å²) < 4.78 is 24.8. The summed E-state index contributed by atoms with van der Waals surface area (Å²) in [7, 11) is -1.60. The minimum absolute atomic E-state index is 0.136. The lowest BCUT2D eigenvalue weighted by Gasteiger charge is -2.39. The van der Waals surface area contributed by atoms with Gasteiger partial charge in [0, 0.05) is 13.1 Å². The van der Waals surface area contributed by atoms with E-state index >= 15 is 0 Å². The van der Waals surface area contributed by atoms with Gasteiger partial charge in [-0.1, -0.05) is 20.8 Å². The third-order valence-electron chi connectivity index (χ3n) is 4.01. The van der Waals surface area contributed by atoms with Crippen LogP contribution >= 0.6 is 11.6 Å². The number of rotatable bonds is 3. The van der Waals surface area contributed by atoms with E-state index in [9.17, 15) is 8.42 Å². The Morgan fingerprint density at radius 3 is 2.00 bits per heavy atom. The van der Waals surface area contributed by atoms with Crippen LogP contribution in [0.3, 0.4) is 0 Å². The standard InChI is InChI=1S/C12H24ClNO2S/c1-12(2,3)10-5-7-11(8-6-10)14(4)17(15,16)9-13/h10-11H,5-9H2,1-4H3. The van der Waals surface area contributed by atoms with Gasteiger partial charge in [0.1, 0.15) is 5.21 Å². The smallest absolute Gasteiger partial charge is 0.211 e. The normalized spacial score (nSPS) is 27.4. The summed E-state index contributed by atoms with van der Waals surface area (Å²) in [6.45, 7) is 6.78. The predicted octanol–water partition coefficient (Wildman–Crippen LogP) is 3.05. The summed E-state index contributed by atoms with van der Waals surface area (Å²) in [5.74, 6) is 0.700. The Kier molecular flexibility index (Phi) is 4.89. The summed E-state index contributed by atoms with van der Waals surface area (Å²) in [4.78, 5) is 0. The Balaban J connectivity index is 2.59. The number of nitrogens with zero attached hydrogens (tertiary/aromatic N) is 1. The van der Waals surface area contributed by atoms with Gasteiger partial charge in [0.05, 0.1) is 0 Å². The number of alkyl halides is 1. The molecule has 102 valence electrons. The van der Waals surface area contributed by atoms with Gasteiger partial charge in [-0.25, -0.2) is 12.7 Å². The van der Waals surface area contributed by atoms with Crippen LogP contribution in [0.4, 0.5) is 0 Å². The van der Waals surface area contributed by atoms with Crippen molar-refractivity contribution in [3.05, 3.63) is 0 Å². The predicted molar refractivity (Wildman–Crippen MR) is 72.6 cm³/mol. The van der Waals surface area contributed by atoms with Gasteiger partial charge in [0.2, 0.25) is 10.0 Å². The highest BCUT2D eigenvalue weighted by Gasteiger charge is 2.33. The van der Waals surface area contributed by atoms with Crippen LogP contribution in [0.2, 0.25) is 0 Å². The quantitative estimate of drug-likeness (QED) is 0.746. The first-order valence-electron chi connectivity index (χ1n) is 6.20. The van der Waals surface area contributed by atoms with E-state index in [1.807, 2.05) is 0 Å². The van der Waals surface area contributed by atoms with Gasteiger partial charge in [0.25, 0.3) is 0 Å². The topological polar surface area (TPSA) is 37.4 Å². The molecule has 0 aromatic heterocycles. The average Bonchev–Trinajstić information content (AvgIpc) is 2.27. The van der Waals surface area contributed by atoms with E-state index in [-0.39, 0.29) is 11.3 Å². The van der Waals surface area contributed by atoms with Gasteiger partial charge < -0.3 is 0 Å². The van der Waals surface area contributed by atoms with Gasteiger partial charge in [-0.05, 0) is 37.0 Å². The van der Waals surface area contributed by atoms with Gasteiger partial charge in [0.15, 0.2) is 0 Å². The Hall–Kier alpha value is 0.200. The highest BCUT2D eigenvalue weighted by atomic mass is 35.5. The van der Waals surface area contributed by atoms with Crippen LogP contribution in [0.25, 0.3) is 0 Å². The lowest BCUT2D eigenvalue weighted by molar-refractivity contribution is 0.142. The summed E-state index contributed by atoms with van der Waals surface area (Å²) in [5, 5.41) is -0.317. The molecule has 17 heavy (non-hydrogen) atoms. The van der Waals surface area contributed by atoms with Crippen LogP contribution in [0.5, 0.6) is 0 Å². The molecule has 1 aliphatic carbocycles. The second kappa shape index (κ2) is 5.45. The SMILES string of the molecule is CN(C1CCC(C(C)(C)C)CC1)S(=O)(=O)CCl. The molecule has 0 unspecified atom stereocenters. The van der Waals surface area contributed by atoms with Crippen LogP contribution < -0.4 is 0 Å². The lowest BCUT2D eigenvalue weighted by Crippen LogP contribution is -2.41. The molecule has 0 radical (unpaired) electrons. The lowest BCUT2D eigenvalue weighted by atomic mass is 9.71. The molecule has 0 saturated heterocycles. The molecule has 0 aromatic carbocycles. The van der Waals surface area contributed by atoms with Crippen molar-refractivity contribution in [3.63, 3.8) is 0 Å². The monoisotopic (exact) mass is 281 g/mol. The molecule has 0 heterocycles. The fraction of sp³-hybridized carbons (Fsp3) is 1.00. The van der Waals surface area contributed by atoms with Crippen LogP contribution in [0, 0.1) is 11.3 Å². The number of hydrogen-bond donors (Lipinski definition) is 0. The van der Waals surface area contributed by atoms with E-state index in [1.54, 1.807) is 7.05 Å². The first-order chi connectivity index (χ1) is 7.68. The maximum atomic E-state index is 11.7. The fourth-order valence-electron chi connectivity index (χ4n) is 2.61. The minimum atomic E-state index is -3.25. The van der Waals surface area contributed by atoms with Crippen molar-refractivity contribution in [2.24, 2.45) is 11.3 Å². The molecule has 5 heteroatoms. The van der Waals surface area contributed by atoms with Crippen molar-refractivity contribution in [3.8, 4) is 0 Å². The van der Waals surface area contributed by atoms with Crippen molar-refractivity contribution < 1.29 is 8.42 Å². The van der Waals surface area contributed by atoms with Crippen LogP contribution in [-0.2, 0) is 10.0 Å². The van der Waals surface area contributed by atoms with E-state index < -0.39 is 10.0 Å². The minimum Gasteiger partial charge on any atom is -0.211 e. The fourth-order valence-corrected chi connectivity index (χ4v) is 3.89. The summed E-state index contributed by atoms with van der Waals surface area (Å²) in [6, 6.07) is 0.136. The molecule has 0 aliphatic heterocycles. The van der Waals surface area contributed by atoms with Crippen LogP contribution in [0.1, 0.15) is 46.5 Å². The zero-order valence-corrected chi connectivity index (χ0v) is 12.8. The van der Waals surface area contributed by atoms with Crippen molar-refractivity contribution in [2.45, 2.75) is 52.5 Å². The van der Waals surface area contributed by atoms with E-state index in [0.29, 0.717) is 11.3 Å². The van der Waals surface area contributed by atoms with Gasteiger partial charge in [-0.15, -0.1) is 11.6 Å². The van der Waals surface area contributed by atoms with E-state index in [1.165, 1.54) is 4.31 Å². The molecule has 1 fully saturated rings. The molecular weight excluding hydrogens is 258 g/mol. The molecule has 0 aromatic rings. The summed E-state index contributed by atoms with van der Waals surface area (Å²) in [6.07, 6.45) is 4.12. The summed E-state index contributed by atoms with van der Waals surface area (Å²) >= 11 is 5.48. The molecular formula is C12H24ClNO2S. The van der Waals surface area contributed by atoms with E-state index in [2.05, 4.69) is 20.8 Å². The first kappa shape index (κ1) is 15.3. The molecule has 0 N–H and O–H groups in total. The Morgan fingerprint density at radius 1 is 1.18 bits per heavy atom. The molecule has 0 spiro atoms. The maximum Gasteiger partial charge on any atom is 0.228 e. The third-order valence-corrected chi connectivity index (χ3v) is 6.29. The van der Waals surface area contributed by atoms with Gasteiger partial charge in [-0.2, -0.15) is 0 Å². The second-order valence-corrected chi connectivity index (χ2v) is 8.72. The molecule has 3 nitrogen and oxygen atoms in total. The zero-order chi connectivity index (χ0) is 13.3. The summed E-state index contributed by atoms with van der Waals surface area (Å²) in [5.41, 5.74) is 0.328. The van der Waals surface area contributed by atoms with E-state index in [0.717, 1.165) is 25.7 Å². The number of hydrogen-bond acceptors (Lipinski definition) is 2. The largest absolute Gasteiger partial charge is 0.228 e. The number of halogens is 1. The van der Waals surface area contributed by atoms with Crippen LogP contribution in [-0.4, -0.2) is 31.0 Å². The second-order valence-electron chi connectivity index (χ2n) is 6.11.